The fraction of sp³-hybridized carbons (Fsp3) is 0.444. The van der Waals surface area contributed by atoms with Crippen LogP contribution in [0.5, 0.6) is 5.88 Å². The quantitative estimate of drug-likeness (QED) is 0.208. The highest BCUT2D eigenvalue weighted by Crippen LogP contribution is 2.63. The lowest BCUT2D eigenvalue weighted by Gasteiger charge is -2.24. The van der Waals surface area contributed by atoms with Crippen molar-refractivity contribution in [3.05, 3.63) is 48.0 Å². The molecule has 38 heavy (non-hydrogen) atoms. The van der Waals surface area contributed by atoms with Gasteiger partial charge in [-0.05, 0) is 43.3 Å². The number of aromatic nitrogens is 5. The molecule has 0 radical (unpaired) electrons. The average Bonchev–Trinajstić information content (AvgIpc) is 3.12. The Morgan fingerprint density at radius 1 is 1.11 bits per heavy atom. The van der Waals surface area contributed by atoms with E-state index >= 15 is 0 Å². The van der Waals surface area contributed by atoms with E-state index in [9.17, 15) is 13.2 Å². The Morgan fingerprint density at radius 2 is 1.84 bits per heavy atom. The molecule has 0 saturated heterocycles. The van der Waals surface area contributed by atoms with Gasteiger partial charge in [-0.3, -0.25) is 0 Å². The molecular weight excluding hydrogens is 511 g/mol. The zero-order chi connectivity index (χ0) is 26.9. The molecule has 200 valence electrons. The molecule has 1 aromatic carbocycles. The Labute approximate surface area is 219 Å². The fourth-order valence-corrected chi connectivity index (χ4v) is 5.87. The predicted octanol–water partition coefficient (Wildman–Crippen LogP) is 6.14. The van der Waals surface area contributed by atoms with Gasteiger partial charge in [0.25, 0.3) is 5.92 Å². The summed E-state index contributed by atoms with van der Waals surface area (Å²) in [7, 11) is -1.22. The lowest BCUT2D eigenvalue weighted by molar-refractivity contribution is 0.0154. The number of pyridine rings is 1. The monoisotopic (exact) mass is 541 g/mol. The molecule has 1 saturated carbocycles. The van der Waals surface area contributed by atoms with E-state index in [0.717, 1.165) is 22.7 Å². The van der Waals surface area contributed by atoms with Crippen LogP contribution in [0.3, 0.4) is 0 Å². The van der Waals surface area contributed by atoms with Gasteiger partial charge in [0.2, 0.25) is 5.88 Å². The lowest BCUT2D eigenvalue weighted by Crippen LogP contribution is -2.31. The van der Waals surface area contributed by atoms with Crippen LogP contribution in [0.2, 0.25) is 25.7 Å². The largest absolute Gasteiger partial charge is 0.476 e. The molecule has 6 rings (SSSR count). The number of nitrogens with zero attached hydrogens (tertiary/aromatic N) is 5. The second-order valence-electron chi connectivity index (χ2n) is 11.6. The molecule has 1 unspecified atom stereocenters. The molecule has 0 amide bonds. The van der Waals surface area contributed by atoms with Gasteiger partial charge in [-0.25, -0.2) is 27.5 Å². The minimum atomic E-state index is -2.77. The smallest absolute Gasteiger partial charge is 0.259 e. The normalized spacial score (nSPS) is 20.1. The molecule has 2 aliphatic rings. The molecule has 7 nitrogen and oxygen atoms in total. The first-order valence-electron chi connectivity index (χ1n) is 12.8. The van der Waals surface area contributed by atoms with Crippen molar-refractivity contribution < 1.29 is 22.6 Å². The van der Waals surface area contributed by atoms with Gasteiger partial charge < -0.3 is 9.47 Å². The van der Waals surface area contributed by atoms with E-state index in [0.29, 0.717) is 35.0 Å². The summed E-state index contributed by atoms with van der Waals surface area (Å²) in [4.78, 5) is 4.59. The molecule has 3 aromatic heterocycles. The van der Waals surface area contributed by atoms with E-state index in [4.69, 9.17) is 19.7 Å². The highest BCUT2D eigenvalue weighted by Gasteiger charge is 2.73. The van der Waals surface area contributed by atoms with E-state index in [1.807, 2.05) is 13.0 Å². The Morgan fingerprint density at radius 3 is 2.53 bits per heavy atom. The molecule has 1 aliphatic heterocycles. The van der Waals surface area contributed by atoms with Crippen LogP contribution < -0.4 is 4.74 Å². The standard InChI is InChI=1S/C27H30F3N5O2Si/c1-17-21-20(9-10-31-24(21)35(32-17)16-36-11-12-38(2,3)4)22-23(18-5-7-19(28)8-6-18)33-34-14-26(13-27(26,29)30)15-37-25(22)34/h5-10H,11-16H2,1-4H3. The summed E-state index contributed by atoms with van der Waals surface area (Å²) < 4.78 is 57.4. The number of aryl methyl sites for hydroxylation is 1. The predicted molar refractivity (Wildman–Crippen MR) is 140 cm³/mol. The van der Waals surface area contributed by atoms with Gasteiger partial charge in [0, 0.05) is 38.4 Å². The van der Waals surface area contributed by atoms with Crippen molar-refractivity contribution in [1.82, 2.24) is 24.5 Å². The number of alkyl halides is 2. The van der Waals surface area contributed by atoms with Crippen molar-refractivity contribution >= 4 is 19.1 Å². The highest BCUT2D eigenvalue weighted by molar-refractivity contribution is 6.76. The zero-order valence-electron chi connectivity index (χ0n) is 21.9. The summed E-state index contributed by atoms with van der Waals surface area (Å²) in [5, 5.41) is 10.2. The summed E-state index contributed by atoms with van der Waals surface area (Å²) >= 11 is 0. The van der Waals surface area contributed by atoms with Crippen LogP contribution in [-0.2, 0) is 18.0 Å². The molecule has 1 spiro atoms. The topological polar surface area (TPSA) is 67.0 Å². The number of halogens is 3. The number of benzene rings is 1. The Kier molecular flexibility index (Phi) is 5.73. The molecule has 4 aromatic rings. The SMILES string of the molecule is Cc1nn(COCC[Si](C)(C)C)c2nccc(-c3c(-c4ccc(F)cc4)nn4c3OCC3(C4)CC3(F)F)c12. The third kappa shape index (κ3) is 4.21. The summed E-state index contributed by atoms with van der Waals surface area (Å²) in [6.07, 6.45) is 1.47. The zero-order valence-corrected chi connectivity index (χ0v) is 22.9. The van der Waals surface area contributed by atoms with E-state index in [1.54, 1.807) is 23.0 Å². The van der Waals surface area contributed by atoms with Crippen LogP contribution in [0, 0.1) is 18.2 Å². The molecule has 11 heteroatoms. The Hall–Kier alpha value is -3.18. The van der Waals surface area contributed by atoms with Crippen molar-refractivity contribution in [1.29, 1.82) is 0 Å². The number of fused-ring (bicyclic) bond motifs is 2. The second-order valence-corrected chi connectivity index (χ2v) is 17.3. The van der Waals surface area contributed by atoms with E-state index in [1.165, 1.54) is 16.8 Å². The number of ether oxygens (including phenoxy) is 2. The highest BCUT2D eigenvalue weighted by atomic mass is 28.3. The van der Waals surface area contributed by atoms with Crippen molar-refractivity contribution in [3.63, 3.8) is 0 Å². The number of hydrogen-bond donors (Lipinski definition) is 0. The first-order chi connectivity index (χ1) is 18.0. The van der Waals surface area contributed by atoms with Gasteiger partial charge in [0.1, 0.15) is 24.8 Å². The average molecular weight is 542 g/mol. The number of rotatable bonds is 7. The first-order valence-corrected chi connectivity index (χ1v) is 16.5. The van der Waals surface area contributed by atoms with Crippen LogP contribution in [0.4, 0.5) is 13.2 Å². The van der Waals surface area contributed by atoms with Crippen LogP contribution in [0.15, 0.2) is 36.5 Å². The van der Waals surface area contributed by atoms with Gasteiger partial charge >= 0.3 is 0 Å². The van der Waals surface area contributed by atoms with Crippen LogP contribution in [0.1, 0.15) is 12.1 Å². The first kappa shape index (κ1) is 25.1. The van der Waals surface area contributed by atoms with Crippen molar-refractivity contribution in [2.75, 3.05) is 13.2 Å². The van der Waals surface area contributed by atoms with Gasteiger partial charge in [0.05, 0.1) is 28.6 Å². The van der Waals surface area contributed by atoms with Crippen molar-refractivity contribution in [2.24, 2.45) is 5.41 Å². The summed E-state index contributed by atoms with van der Waals surface area (Å²) in [5.41, 5.74) is 2.80. The maximum atomic E-state index is 14.2. The summed E-state index contributed by atoms with van der Waals surface area (Å²) in [6.45, 7) is 9.71. The molecular formula is C27H30F3N5O2Si. The van der Waals surface area contributed by atoms with Crippen molar-refractivity contribution in [2.45, 2.75) is 58.2 Å². The van der Waals surface area contributed by atoms with Gasteiger partial charge in [0.15, 0.2) is 5.65 Å². The van der Waals surface area contributed by atoms with Gasteiger partial charge in [-0.2, -0.15) is 10.2 Å². The number of hydrogen-bond acceptors (Lipinski definition) is 5. The molecule has 1 atom stereocenters. The van der Waals surface area contributed by atoms with E-state index in [-0.39, 0.29) is 32.1 Å². The van der Waals surface area contributed by atoms with Crippen molar-refractivity contribution in [3.8, 4) is 28.3 Å². The lowest BCUT2D eigenvalue weighted by atomic mass is 9.98. The third-order valence-electron chi connectivity index (χ3n) is 7.46. The Bertz CT molecular complexity index is 1530. The van der Waals surface area contributed by atoms with Crippen LogP contribution in [-0.4, -0.2) is 51.8 Å². The maximum Gasteiger partial charge on any atom is 0.259 e. The minimum absolute atomic E-state index is 0.0565. The third-order valence-corrected chi connectivity index (χ3v) is 9.16. The van der Waals surface area contributed by atoms with Gasteiger partial charge in [-0.15, -0.1) is 0 Å². The fourth-order valence-electron chi connectivity index (χ4n) is 5.11. The molecule has 0 N–H and O–H groups in total. The summed E-state index contributed by atoms with van der Waals surface area (Å²) in [6, 6.07) is 8.89. The van der Waals surface area contributed by atoms with E-state index < -0.39 is 19.4 Å². The molecule has 4 heterocycles. The molecule has 1 fully saturated rings. The minimum Gasteiger partial charge on any atom is -0.476 e. The van der Waals surface area contributed by atoms with E-state index in [2.05, 4.69) is 24.6 Å². The summed E-state index contributed by atoms with van der Waals surface area (Å²) in [5.74, 6) is -2.72. The Balaban J connectivity index is 1.44. The second kappa shape index (κ2) is 8.67. The molecule has 0 bridgehead atoms. The maximum absolute atomic E-state index is 14.2. The van der Waals surface area contributed by atoms with Crippen LogP contribution >= 0.6 is 0 Å². The molecule has 1 aliphatic carbocycles. The van der Waals surface area contributed by atoms with Gasteiger partial charge in [-0.1, -0.05) is 19.6 Å². The van der Waals surface area contributed by atoms with Crippen LogP contribution in [0.25, 0.3) is 33.4 Å².